The van der Waals surface area contributed by atoms with Crippen molar-refractivity contribution in [3.05, 3.63) is 81.5 Å². The molecule has 3 rings (SSSR count). The quantitative estimate of drug-likeness (QED) is 0.486. The predicted molar refractivity (Wildman–Crippen MR) is 107 cm³/mol. The first-order valence-corrected chi connectivity index (χ1v) is 9.02. The maximum absolute atomic E-state index is 13.3. The van der Waals surface area contributed by atoms with Gasteiger partial charge in [-0.05, 0) is 42.3 Å². The number of hydrogen-bond donors (Lipinski definition) is 0. The standard InChI is InChI=1S/C19H13ClFNOS2/c1-12(9-13-5-3-2-4-6-13)10-17-18(23)22(19(24)25-17)14-7-8-16(21)15(20)11-14/h2-11H,1H3/b12-9+,17-10-. The Morgan fingerprint density at radius 3 is 2.64 bits per heavy atom. The number of benzene rings is 2. The van der Waals surface area contributed by atoms with Crippen molar-refractivity contribution in [3.63, 3.8) is 0 Å². The normalized spacial score (nSPS) is 16.8. The number of carbonyl (C=O) groups is 1. The predicted octanol–water partition coefficient (Wildman–Crippen LogP) is 5.83. The number of anilines is 1. The van der Waals surface area contributed by atoms with Crippen LogP contribution in [-0.4, -0.2) is 10.2 Å². The fraction of sp³-hybridized carbons (Fsp3) is 0.0526. The second-order valence-corrected chi connectivity index (χ2v) is 7.50. The number of allylic oxidation sites excluding steroid dienone is 2. The molecule has 0 spiro atoms. The highest BCUT2D eigenvalue weighted by atomic mass is 35.5. The number of rotatable bonds is 3. The molecule has 6 heteroatoms. The van der Waals surface area contributed by atoms with Crippen molar-refractivity contribution in [1.29, 1.82) is 0 Å². The van der Waals surface area contributed by atoms with E-state index < -0.39 is 5.82 Å². The number of amides is 1. The molecule has 25 heavy (non-hydrogen) atoms. The van der Waals surface area contributed by atoms with Crippen molar-refractivity contribution in [2.45, 2.75) is 6.92 Å². The van der Waals surface area contributed by atoms with Crippen LogP contribution in [0.2, 0.25) is 5.02 Å². The number of carbonyl (C=O) groups excluding carboxylic acids is 1. The van der Waals surface area contributed by atoms with Crippen LogP contribution in [0, 0.1) is 5.82 Å². The Kier molecular flexibility index (Phi) is 5.37. The van der Waals surface area contributed by atoms with E-state index in [0.717, 1.165) is 11.1 Å². The van der Waals surface area contributed by atoms with Gasteiger partial charge in [0.05, 0.1) is 15.6 Å². The Bertz CT molecular complexity index is 909. The largest absolute Gasteiger partial charge is 0.270 e. The van der Waals surface area contributed by atoms with E-state index in [9.17, 15) is 9.18 Å². The van der Waals surface area contributed by atoms with Gasteiger partial charge in [-0.3, -0.25) is 9.69 Å². The minimum Gasteiger partial charge on any atom is -0.268 e. The summed E-state index contributed by atoms with van der Waals surface area (Å²) in [4.78, 5) is 14.6. The summed E-state index contributed by atoms with van der Waals surface area (Å²) in [6.45, 7) is 1.92. The molecule has 1 amide bonds. The van der Waals surface area contributed by atoms with Crippen LogP contribution in [0.5, 0.6) is 0 Å². The summed E-state index contributed by atoms with van der Waals surface area (Å²) in [5, 5.41) is -0.0457. The lowest BCUT2D eigenvalue weighted by atomic mass is 10.1. The number of thiocarbonyl (C=S) groups is 1. The zero-order chi connectivity index (χ0) is 18.0. The third kappa shape index (κ3) is 4.00. The van der Waals surface area contributed by atoms with Gasteiger partial charge in [-0.15, -0.1) is 0 Å². The molecule has 1 fully saturated rings. The van der Waals surface area contributed by atoms with Crippen LogP contribution >= 0.6 is 35.6 Å². The Morgan fingerprint density at radius 2 is 1.96 bits per heavy atom. The molecule has 0 atom stereocenters. The Labute approximate surface area is 160 Å². The average Bonchev–Trinajstić information content (AvgIpc) is 2.85. The van der Waals surface area contributed by atoms with E-state index in [1.165, 1.54) is 34.9 Å². The van der Waals surface area contributed by atoms with Crippen LogP contribution in [0.4, 0.5) is 10.1 Å². The molecule has 1 aliphatic rings. The molecular formula is C19H13ClFNOS2. The van der Waals surface area contributed by atoms with Gasteiger partial charge in [-0.25, -0.2) is 4.39 Å². The van der Waals surface area contributed by atoms with Gasteiger partial charge in [0, 0.05) is 0 Å². The van der Waals surface area contributed by atoms with Crippen molar-refractivity contribution < 1.29 is 9.18 Å². The molecule has 2 aromatic rings. The summed E-state index contributed by atoms with van der Waals surface area (Å²) in [5.74, 6) is -0.772. The third-order valence-electron chi connectivity index (χ3n) is 3.51. The van der Waals surface area contributed by atoms with Gasteiger partial charge in [0.15, 0.2) is 4.32 Å². The molecule has 0 aliphatic carbocycles. The highest BCUT2D eigenvalue weighted by Gasteiger charge is 2.33. The van der Waals surface area contributed by atoms with Crippen molar-refractivity contribution in [3.8, 4) is 0 Å². The first-order chi connectivity index (χ1) is 12.0. The van der Waals surface area contributed by atoms with Crippen LogP contribution < -0.4 is 4.90 Å². The molecule has 1 heterocycles. The van der Waals surface area contributed by atoms with Crippen molar-refractivity contribution >= 4 is 57.6 Å². The molecular weight excluding hydrogens is 377 g/mol. The lowest BCUT2D eigenvalue weighted by molar-refractivity contribution is -0.113. The summed E-state index contributed by atoms with van der Waals surface area (Å²) in [6.07, 6.45) is 3.79. The monoisotopic (exact) mass is 389 g/mol. The zero-order valence-electron chi connectivity index (χ0n) is 13.2. The van der Waals surface area contributed by atoms with Crippen LogP contribution in [0.3, 0.4) is 0 Å². The van der Waals surface area contributed by atoms with Crippen LogP contribution in [0.15, 0.2) is 65.1 Å². The molecule has 1 saturated heterocycles. The Balaban J connectivity index is 1.88. The van der Waals surface area contributed by atoms with Gasteiger partial charge >= 0.3 is 0 Å². The number of halogens is 2. The molecule has 0 aromatic heterocycles. The van der Waals surface area contributed by atoms with E-state index in [4.69, 9.17) is 23.8 Å². The first kappa shape index (κ1) is 17.9. The molecule has 1 aliphatic heterocycles. The summed E-state index contributed by atoms with van der Waals surface area (Å²) in [5.41, 5.74) is 2.45. The van der Waals surface area contributed by atoms with Gasteiger partial charge in [0.1, 0.15) is 5.82 Å². The third-order valence-corrected chi connectivity index (χ3v) is 5.10. The maximum Gasteiger partial charge on any atom is 0.270 e. The van der Waals surface area contributed by atoms with E-state index in [1.807, 2.05) is 43.3 Å². The Morgan fingerprint density at radius 1 is 1.24 bits per heavy atom. The molecule has 0 radical (unpaired) electrons. The topological polar surface area (TPSA) is 20.3 Å². The highest BCUT2D eigenvalue weighted by molar-refractivity contribution is 8.27. The van der Waals surface area contributed by atoms with Gasteiger partial charge in [0.25, 0.3) is 5.91 Å². The molecule has 0 unspecified atom stereocenters. The summed E-state index contributed by atoms with van der Waals surface area (Å²) in [7, 11) is 0. The summed E-state index contributed by atoms with van der Waals surface area (Å²) >= 11 is 12.3. The first-order valence-electron chi connectivity index (χ1n) is 7.42. The molecule has 126 valence electrons. The molecule has 0 bridgehead atoms. The molecule has 2 aromatic carbocycles. The molecule has 0 N–H and O–H groups in total. The molecule has 0 saturated carbocycles. The van der Waals surface area contributed by atoms with Crippen molar-refractivity contribution in [1.82, 2.24) is 0 Å². The van der Waals surface area contributed by atoms with E-state index >= 15 is 0 Å². The lowest BCUT2D eigenvalue weighted by Crippen LogP contribution is -2.27. The highest BCUT2D eigenvalue weighted by Crippen LogP contribution is 2.36. The van der Waals surface area contributed by atoms with Gasteiger partial charge in [0.2, 0.25) is 0 Å². The summed E-state index contributed by atoms with van der Waals surface area (Å²) in [6, 6.07) is 13.9. The zero-order valence-corrected chi connectivity index (χ0v) is 15.6. The second kappa shape index (κ2) is 7.52. The molecule has 2 nitrogen and oxygen atoms in total. The number of thioether (sulfide) groups is 1. The van der Waals surface area contributed by atoms with E-state index in [2.05, 4.69) is 0 Å². The summed E-state index contributed by atoms with van der Waals surface area (Å²) < 4.78 is 13.7. The van der Waals surface area contributed by atoms with Crippen LogP contribution in [0.1, 0.15) is 12.5 Å². The fourth-order valence-corrected chi connectivity index (χ4v) is 3.90. The van der Waals surface area contributed by atoms with Crippen molar-refractivity contribution in [2.75, 3.05) is 4.90 Å². The van der Waals surface area contributed by atoms with Gasteiger partial charge in [-0.2, -0.15) is 0 Å². The lowest BCUT2D eigenvalue weighted by Gasteiger charge is -2.14. The minimum atomic E-state index is -0.534. The van der Waals surface area contributed by atoms with E-state index in [0.29, 0.717) is 14.9 Å². The fourth-order valence-electron chi connectivity index (χ4n) is 2.38. The maximum atomic E-state index is 13.3. The second-order valence-electron chi connectivity index (χ2n) is 5.41. The van der Waals surface area contributed by atoms with Crippen LogP contribution in [0.25, 0.3) is 6.08 Å². The van der Waals surface area contributed by atoms with Gasteiger partial charge in [-0.1, -0.05) is 72.0 Å². The van der Waals surface area contributed by atoms with Gasteiger partial charge < -0.3 is 0 Å². The van der Waals surface area contributed by atoms with E-state index in [1.54, 1.807) is 6.08 Å². The minimum absolute atomic E-state index is 0.0457. The number of hydrogen-bond acceptors (Lipinski definition) is 3. The number of nitrogens with zero attached hydrogens (tertiary/aromatic N) is 1. The average molecular weight is 390 g/mol. The van der Waals surface area contributed by atoms with Crippen molar-refractivity contribution in [2.24, 2.45) is 0 Å². The Hall–Kier alpha value is -1.95. The van der Waals surface area contributed by atoms with E-state index in [-0.39, 0.29) is 10.9 Å². The van der Waals surface area contributed by atoms with Crippen LogP contribution in [-0.2, 0) is 4.79 Å². The smallest absolute Gasteiger partial charge is 0.268 e. The SMILES string of the molecule is CC(/C=C1\SC(=S)N(c2ccc(F)c(Cl)c2)C1=O)=C\c1ccccc1.